The Morgan fingerprint density at radius 2 is 1.88 bits per heavy atom. The molecule has 0 unspecified atom stereocenters. The molecule has 2 rings (SSSR count). The van der Waals surface area contributed by atoms with Crippen LogP contribution in [-0.4, -0.2) is 43.6 Å². The van der Waals surface area contributed by atoms with Crippen LogP contribution in [0.25, 0.3) is 0 Å². The van der Waals surface area contributed by atoms with Gasteiger partial charge in [0.25, 0.3) is 0 Å². The van der Waals surface area contributed by atoms with Crippen LogP contribution in [0.2, 0.25) is 0 Å². The highest BCUT2D eigenvalue weighted by Gasteiger charge is 2.00. The Morgan fingerprint density at radius 3 is 2.52 bits per heavy atom. The normalized spacial score (nSPS) is 9.56. The molecule has 6 heteroatoms. The molecule has 0 aliphatic rings. The molecule has 134 valence electrons. The molecular formula is C19H24N2O4. The van der Waals surface area contributed by atoms with Crippen molar-refractivity contribution in [2.24, 2.45) is 0 Å². The monoisotopic (exact) mass is 344 g/mol. The number of hydrogen-bond acceptors (Lipinski definition) is 6. The molecule has 1 heterocycles. The van der Waals surface area contributed by atoms with E-state index in [1.807, 2.05) is 32.0 Å². The predicted molar refractivity (Wildman–Crippen MR) is 94.8 cm³/mol. The van der Waals surface area contributed by atoms with E-state index in [4.69, 9.17) is 24.6 Å². The van der Waals surface area contributed by atoms with Crippen LogP contribution < -0.4 is 9.47 Å². The van der Waals surface area contributed by atoms with Gasteiger partial charge in [-0.15, -0.1) is 0 Å². The Morgan fingerprint density at radius 1 is 1.08 bits per heavy atom. The highest BCUT2D eigenvalue weighted by atomic mass is 16.5. The Hall–Kier alpha value is -2.62. The first-order valence-electron chi connectivity index (χ1n) is 7.90. The van der Waals surface area contributed by atoms with Crippen molar-refractivity contribution in [1.82, 2.24) is 4.98 Å². The van der Waals surface area contributed by atoms with Gasteiger partial charge in [0, 0.05) is 18.9 Å². The first-order valence-corrected chi connectivity index (χ1v) is 7.90. The maximum atomic E-state index is 8.69. The molecule has 25 heavy (non-hydrogen) atoms. The molecule has 2 aromatic rings. The van der Waals surface area contributed by atoms with Gasteiger partial charge in [0.2, 0.25) is 5.88 Å². The first-order chi connectivity index (χ1) is 12.1. The Kier molecular flexibility index (Phi) is 9.68. The molecule has 0 radical (unpaired) electrons. The zero-order valence-electron chi connectivity index (χ0n) is 14.9. The van der Waals surface area contributed by atoms with Crippen molar-refractivity contribution in [3.63, 3.8) is 0 Å². The summed E-state index contributed by atoms with van der Waals surface area (Å²) in [6.45, 7) is 5.25. The number of aliphatic hydroxyl groups excluding tert-OH is 1. The van der Waals surface area contributed by atoms with Gasteiger partial charge < -0.3 is 19.3 Å². The molecule has 0 aliphatic heterocycles. The van der Waals surface area contributed by atoms with Gasteiger partial charge in [-0.05, 0) is 37.6 Å². The van der Waals surface area contributed by atoms with E-state index >= 15 is 0 Å². The van der Waals surface area contributed by atoms with Crippen LogP contribution in [0.5, 0.6) is 11.6 Å². The van der Waals surface area contributed by atoms with Crippen LogP contribution in [0, 0.1) is 25.2 Å². The molecule has 1 aromatic carbocycles. The lowest BCUT2D eigenvalue weighted by atomic mass is 10.1. The molecule has 0 saturated carbocycles. The first kappa shape index (κ1) is 20.4. The molecule has 0 atom stereocenters. The highest BCUT2D eigenvalue weighted by molar-refractivity contribution is 5.41. The van der Waals surface area contributed by atoms with Crippen molar-refractivity contribution < 1.29 is 19.3 Å². The average molecular weight is 344 g/mol. The average Bonchev–Trinajstić information content (AvgIpc) is 2.63. The summed E-state index contributed by atoms with van der Waals surface area (Å²) in [5.41, 5.74) is 2.63. The van der Waals surface area contributed by atoms with Gasteiger partial charge in [-0.3, -0.25) is 0 Å². The summed E-state index contributed by atoms with van der Waals surface area (Å²) in [7, 11) is 1.63. The number of nitrogens with zero attached hydrogens (tertiary/aromatic N) is 2. The minimum absolute atomic E-state index is 0.0238. The standard InChI is InChI=1S/C11H13NO2.C8H11NO2/c1-9-3-4-10(8-12)7-11(9)14-6-5-13-2;1-7-3-2-4-9-8(7)11-6-5-10/h3-4,7H,5-6H2,1-2H3;2-4,10H,5-6H2,1H3. The third kappa shape index (κ3) is 7.66. The smallest absolute Gasteiger partial charge is 0.216 e. The molecule has 1 aromatic heterocycles. The second-order valence-corrected chi connectivity index (χ2v) is 5.13. The Bertz CT molecular complexity index is 683. The molecule has 6 nitrogen and oxygen atoms in total. The summed E-state index contributed by atoms with van der Waals surface area (Å²) < 4.78 is 15.4. The Balaban J connectivity index is 0.000000257. The van der Waals surface area contributed by atoms with Crippen LogP contribution in [0.3, 0.4) is 0 Å². The molecule has 0 aliphatic carbocycles. The molecule has 1 N–H and O–H groups in total. The molecular weight excluding hydrogens is 320 g/mol. The van der Waals surface area contributed by atoms with Crippen LogP contribution in [0.1, 0.15) is 16.7 Å². The summed E-state index contributed by atoms with van der Waals surface area (Å²) >= 11 is 0. The van der Waals surface area contributed by atoms with Gasteiger partial charge in [-0.2, -0.15) is 5.26 Å². The van der Waals surface area contributed by atoms with E-state index < -0.39 is 0 Å². The summed E-state index contributed by atoms with van der Waals surface area (Å²) in [6.07, 6.45) is 1.67. The Labute approximate surface area is 148 Å². The SMILES string of the molecule is COCCOc1cc(C#N)ccc1C.Cc1cccnc1OCCO. The quantitative estimate of drug-likeness (QED) is 0.777. The lowest BCUT2D eigenvalue weighted by molar-refractivity contribution is 0.146. The number of hydrogen-bond donors (Lipinski definition) is 1. The fourth-order valence-corrected chi connectivity index (χ4v) is 1.82. The zero-order valence-corrected chi connectivity index (χ0v) is 14.9. The predicted octanol–water partition coefficient (Wildman–Crippen LogP) is 2.65. The zero-order chi connectivity index (χ0) is 18.5. The third-order valence-electron chi connectivity index (χ3n) is 3.15. The van der Waals surface area contributed by atoms with E-state index in [2.05, 4.69) is 11.1 Å². The summed E-state index contributed by atoms with van der Waals surface area (Å²) in [5, 5.41) is 17.2. The molecule has 0 spiro atoms. The fourth-order valence-electron chi connectivity index (χ4n) is 1.82. The van der Waals surface area contributed by atoms with E-state index in [0.717, 1.165) is 16.9 Å². The van der Waals surface area contributed by atoms with Gasteiger partial charge >= 0.3 is 0 Å². The van der Waals surface area contributed by atoms with E-state index in [1.165, 1.54) is 0 Å². The summed E-state index contributed by atoms with van der Waals surface area (Å²) in [6, 6.07) is 11.2. The van der Waals surface area contributed by atoms with Crippen LogP contribution in [-0.2, 0) is 4.74 Å². The fraction of sp³-hybridized carbons (Fsp3) is 0.368. The number of nitriles is 1. The van der Waals surface area contributed by atoms with Crippen molar-refractivity contribution in [3.05, 3.63) is 53.2 Å². The largest absolute Gasteiger partial charge is 0.491 e. The molecule has 0 bridgehead atoms. The van der Waals surface area contributed by atoms with Crippen molar-refractivity contribution in [2.45, 2.75) is 13.8 Å². The van der Waals surface area contributed by atoms with Gasteiger partial charge in [0.1, 0.15) is 19.0 Å². The minimum atomic E-state index is 0.0238. The number of aryl methyl sites for hydroxylation is 2. The second-order valence-electron chi connectivity index (χ2n) is 5.13. The van der Waals surface area contributed by atoms with Gasteiger partial charge in [-0.25, -0.2) is 4.98 Å². The number of pyridine rings is 1. The van der Waals surface area contributed by atoms with Gasteiger partial charge in [-0.1, -0.05) is 12.1 Å². The summed E-state index contributed by atoms with van der Waals surface area (Å²) in [4.78, 5) is 3.98. The number of rotatable bonds is 7. The number of benzene rings is 1. The summed E-state index contributed by atoms with van der Waals surface area (Å²) in [5.74, 6) is 1.35. The van der Waals surface area contributed by atoms with E-state index in [-0.39, 0.29) is 6.61 Å². The van der Waals surface area contributed by atoms with Crippen molar-refractivity contribution in [3.8, 4) is 17.7 Å². The van der Waals surface area contributed by atoms with Gasteiger partial charge in [0.05, 0.1) is 24.8 Å². The third-order valence-corrected chi connectivity index (χ3v) is 3.15. The highest BCUT2D eigenvalue weighted by Crippen LogP contribution is 2.18. The van der Waals surface area contributed by atoms with Crippen molar-refractivity contribution >= 4 is 0 Å². The van der Waals surface area contributed by atoms with E-state index in [9.17, 15) is 0 Å². The number of ether oxygens (including phenoxy) is 3. The second kappa shape index (κ2) is 11.8. The molecule has 0 amide bonds. The van der Waals surface area contributed by atoms with E-state index in [1.54, 1.807) is 25.4 Å². The molecule has 0 fully saturated rings. The molecule has 0 saturated heterocycles. The minimum Gasteiger partial charge on any atom is -0.491 e. The van der Waals surface area contributed by atoms with E-state index in [0.29, 0.717) is 31.3 Å². The lowest BCUT2D eigenvalue weighted by Crippen LogP contribution is -2.05. The van der Waals surface area contributed by atoms with Crippen molar-refractivity contribution in [1.29, 1.82) is 5.26 Å². The topological polar surface area (TPSA) is 84.6 Å². The van der Waals surface area contributed by atoms with Crippen LogP contribution in [0.4, 0.5) is 0 Å². The number of methoxy groups -OCH3 is 1. The van der Waals surface area contributed by atoms with Crippen molar-refractivity contribution in [2.75, 3.05) is 33.5 Å². The maximum absolute atomic E-state index is 8.69. The maximum Gasteiger partial charge on any atom is 0.216 e. The number of aliphatic hydroxyl groups is 1. The van der Waals surface area contributed by atoms with Crippen LogP contribution in [0.15, 0.2) is 36.5 Å². The number of aromatic nitrogens is 1. The van der Waals surface area contributed by atoms with Crippen LogP contribution >= 0.6 is 0 Å². The van der Waals surface area contributed by atoms with Gasteiger partial charge in [0.15, 0.2) is 0 Å². The lowest BCUT2D eigenvalue weighted by Gasteiger charge is -2.08.